The summed E-state index contributed by atoms with van der Waals surface area (Å²) in [4.78, 5) is 13.3. The molecule has 0 bridgehead atoms. The van der Waals surface area contributed by atoms with Crippen LogP contribution in [0.25, 0.3) is 0 Å². The van der Waals surface area contributed by atoms with E-state index in [2.05, 4.69) is 43.5 Å². The Morgan fingerprint density at radius 1 is 0.398 bits per heavy atom. The molecule has 0 aromatic carbocycles. The fourth-order valence-electron chi connectivity index (χ4n) is 12.4. The number of aliphatic hydroxyl groups is 8. The van der Waals surface area contributed by atoms with Gasteiger partial charge in [-0.05, 0) is 44.9 Å². The van der Waals surface area contributed by atoms with E-state index in [4.69, 9.17) is 18.9 Å². The Morgan fingerprint density at radius 3 is 1.11 bits per heavy atom. The van der Waals surface area contributed by atoms with E-state index in [0.29, 0.717) is 12.8 Å². The van der Waals surface area contributed by atoms with Gasteiger partial charge in [0.05, 0.1) is 32.0 Å². The molecule has 12 unspecified atom stereocenters. The van der Waals surface area contributed by atoms with Crippen LogP contribution < -0.4 is 5.32 Å². The SMILES string of the molecule is CCCCC/C=C/CC/C=C/CC/C=C/C(O)C(COC1OC(CO)C(OC2OC(CO)C(O)C(O)C2O)C(O)C1O)NC(=O)CCCCCCCCCCCCCCCCCCCCCCCCCCCCCCCCCCCCCCCCCCC. The molecule has 2 aliphatic rings. The molecule has 0 aromatic rings. The molecule has 0 radical (unpaired) electrons. The standard InChI is InChI=1S/C74H139NO13/c1-3-5-7-9-11-13-15-17-18-19-20-21-22-23-24-25-26-27-28-29-30-31-32-33-34-35-36-37-38-39-40-41-42-43-44-46-48-50-52-54-56-58-66(79)75-62(63(78)57-55-53-51-49-47-45-16-14-12-10-8-6-4-2)61-85-73-71(84)69(82)72(65(60-77)87-73)88-74-70(83)68(81)67(80)64(59-76)86-74/h12,14,47,49,55,57,62-65,67-74,76-78,80-84H,3-11,13,15-46,48,50-54,56,58-61H2,1-2H3,(H,75,79)/b14-12+,49-47+,57-55+. The summed E-state index contributed by atoms with van der Waals surface area (Å²) in [7, 11) is 0. The molecule has 0 spiro atoms. The maximum absolute atomic E-state index is 13.3. The molecule has 14 nitrogen and oxygen atoms in total. The van der Waals surface area contributed by atoms with Gasteiger partial charge in [0, 0.05) is 6.42 Å². The molecule has 0 aromatic heterocycles. The van der Waals surface area contributed by atoms with Gasteiger partial charge in [0.15, 0.2) is 12.6 Å². The molecule has 2 aliphatic heterocycles. The molecule has 0 aliphatic carbocycles. The van der Waals surface area contributed by atoms with Gasteiger partial charge in [-0.3, -0.25) is 4.79 Å². The smallest absolute Gasteiger partial charge is 0.220 e. The molecular formula is C74H139NO13. The Morgan fingerprint density at radius 2 is 0.727 bits per heavy atom. The van der Waals surface area contributed by atoms with E-state index in [1.165, 1.54) is 257 Å². The van der Waals surface area contributed by atoms with Crippen LogP contribution in [0.4, 0.5) is 0 Å². The molecule has 1 amide bonds. The zero-order valence-electron chi connectivity index (χ0n) is 56.5. The summed E-state index contributed by atoms with van der Waals surface area (Å²) in [6.45, 7) is 2.77. The van der Waals surface area contributed by atoms with Crippen molar-refractivity contribution in [2.24, 2.45) is 0 Å². The lowest BCUT2D eigenvalue weighted by atomic mass is 9.97. The first-order valence-corrected chi connectivity index (χ1v) is 37.2. The Kier molecular flexibility index (Phi) is 55.2. The number of unbranched alkanes of at least 4 members (excludes halogenated alkanes) is 45. The summed E-state index contributed by atoms with van der Waals surface area (Å²) < 4.78 is 22.8. The van der Waals surface area contributed by atoms with Crippen LogP contribution in [-0.2, 0) is 23.7 Å². The average Bonchev–Trinajstić information content (AvgIpc) is 2.28. The van der Waals surface area contributed by atoms with Crippen LogP contribution in [0.2, 0.25) is 0 Å². The topological polar surface area (TPSA) is 228 Å². The van der Waals surface area contributed by atoms with Crippen LogP contribution in [0.15, 0.2) is 36.5 Å². The Bertz CT molecular complexity index is 1620. The lowest BCUT2D eigenvalue weighted by Crippen LogP contribution is -2.65. The first kappa shape index (κ1) is 82.3. The van der Waals surface area contributed by atoms with Crippen molar-refractivity contribution in [3.05, 3.63) is 36.5 Å². The maximum Gasteiger partial charge on any atom is 0.220 e. The zero-order chi connectivity index (χ0) is 63.8. The molecule has 2 fully saturated rings. The van der Waals surface area contributed by atoms with Crippen molar-refractivity contribution in [1.29, 1.82) is 0 Å². The highest BCUT2D eigenvalue weighted by molar-refractivity contribution is 5.76. The van der Waals surface area contributed by atoms with Crippen molar-refractivity contribution < 1.29 is 64.6 Å². The number of carbonyl (C=O) groups is 1. The third-order valence-corrected chi connectivity index (χ3v) is 18.3. The van der Waals surface area contributed by atoms with Crippen LogP contribution in [0.5, 0.6) is 0 Å². The molecule has 12 atom stereocenters. The van der Waals surface area contributed by atoms with Gasteiger partial charge >= 0.3 is 0 Å². The summed E-state index contributed by atoms with van der Waals surface area (Å²) in [6.07, 6.45) is 59.8. The number of amides is 1. The van der Waals surface area contributed by atoms with Crippen LogP contribution in [0.1, 0.15) is 335 Å². The minimum atomic E-state index is -1.79. The summed E-state index contributed by atoms with van der Waals surface area (Å²) in [5.74, 6) is -0.249. The average molecular weight is 1250 g/mol. The second kappa shape index (κ2) is 59.0. The van der Waals surface area contributed by atoms with Gasteiger partial charge in [-0.25, -0.2) is 0 Å². The van der Waals surface area contributed by atoms with Crippen LogP contribution in [0.3, 0.4) is 0 Å². The van der Waals surface area contributed by atoms with Gasteiger partial charge in [0.2, 0.25) is 5.91 Å². The maximum atomic E-state index is 13.3. The highest BCUT2D eigenvalue weighted by Gasteiger charge is 2.51. The van der Waals surface area contributed by atoms with Gasteiger partial charge in [-0.15, -0.1) is 0 Å². The van der Waals surface area contributed by atoms with Crippen molar-refractivity contribution in [2.45, 2.75) is 408 Å². The van der Waals surface area contributed by atoms with E-state index in [9.17, 15) is 45.6 Å². The van der Waals surface area contributed by atoms with E-state index in [1.807, 2.05) is 6.08 Å². The summed E-state index contributed by atoms with van der Waals surface area (Å²) >= 11 is 0. The largest absolute Gasteiger partial charge is 0.394 e. The molecule has 2 heterocycles. The fourth-order valence-corrected chi connectivity index (χ4v) is 12.4. The van der Waals surface area contributed by atoms with Crippen LogP contribution in [-0.4, -0.2) is 140 Å². The van der Waals surface area contributed by atoms with Gasteiger partial charge < -0.3 is 65.1 Å². The van der Waals surface area contributed by atoms with Gasteiger partial charge in [-0.1, -0.05) is 320 Å². The normalized spacial score (nSPS) is 23.3. The lowest BCUT2D eigenvalue weighted by Gasteiger charge is -2.46. The lowest BCUT2D eigenvalue weighted by molar-refractivity contribution is -0.359. The van der Waals surface area contributed by atoms with E-state index in [0.717, 1.165) is 44.9 Å². The number of allylic oxidation sites excluding steroid dienone is 5. The van der Waals surface area contributed by atoms with E-state index in [1.54, 1.807) is 6.08 Å². The summed E-state index contributed by atoms with van der Waals surface area (Å²) in [5, 5.41) is 87.2. The number of nitrogens with one attached hydrogen (secondary N) is 1. The minimum Gasteiger partial charge on any atom is -0.394 e. The predicted octanol–water partition coefficient (Wildman–Crippen LogP) is 15.7. The molecule has 2 saturated heterocycles. The molecular weight excluding hydrogens is 1110 g/mol. The first-order valence-electron chi connectivity index (χ1n) is 37.2. The number of hydrogen-bond acceptors (Lipinski definition) is 13. The van der Waals surface area contributed by atoms with E-state index < -0.39 is 86.8 Å². The fraction of sp³-hybridized carbons (Fsp3) is 0.905. The second-order valence-corrected chi connectivity index (χ2v) is 26.4. The van der Waals surface area contributed by atoms with Gasteiger partial charge in [0.1, 0.15) is 48.8 Å². The van der Waals surface area contributed by atoms with Gasteiger partial charge in [0.25, 0.3) is 0 Å². The number of rotatable bonds is 62. The number of aliphatic hydroxyl groups excluding tert-OH is 8. The third-order valence-electron chi connectivity index (χ3n) is 18.3. The predicted molar refractivity (Wildman–Crippen MR) is 360 cm³/mol. The van der Waals surface area contributed by atoms with Crippen molar-refractivity contribution in [3.8, 4) is 0 Å². The zero-order valence-corrected chi connectivity index (χ0v) is 56.5. The highest BCUT2D eigenvalue weighted by Crippen LogP contribution is 2.30. The van der Waals surface area contributed by atoms with Gasteiger partial charge in [-0.2, -0.15) is 0 Å². The Hall–Kier alpha value is -1.79. The van der Waals surface area contributed by atoms with Crippen molar-refractivity contribution in [2.75, 3.05) is 19.8 Å². The molecule has 14 heteroatoms. The second-order valence-electron chi connectivity index (χ2n) is 26.4. The van der Waals surface area contributed by atoms with Crippen molar-refractivity contribution >= 4 is 5.91 Å². The van der Waals surface area contributed by atoms with E-state index >= 15 is 0 Å². The Labute approximate surface area is 538 Å². The number of carbonyl (C=O) groups excluding carboxylic acids is 1. The number of hydrogen-bond donors (Lipinski definition) is 9. The molecule has 88 heavy (non-hydrogen) atoms. The molecule has 2 rings (SSSR count). The first-order chi connectivity index (χ1) is 43.1. The highest BCUT2D eigenvalue weighted by atomic mass is 16.7. The van der Waals surface area contributed by atoms with Crippen molar-refractivity contribution in [1.82, 2.24) is 5.32 Å². The minimum absolute atomic E-state index is 0.249. The number of ether oxygens (including phenoxy) is 4. The van der Waals surface area contributed by atoms with Crippen LogP contribution in [0, 0.1) is 0 Å². The third kappa shape index (κ3) is 42.4. The molecule has 518 valence electrons. The molecule has 9 N–H and O–H groups in total. The monoisotopic (exact) mass is 1250 g/mol. The Balaban J connectivity index is 1.52. The quantitative estimate of drug-likeness (QED) is 0.0204. The summed E-state index contributed by atoms with van der Waals surface area (Å²) in [6, 6.07) is -0.936. The molecule has 0 saturated carbocycles. The summed E-state index contributed by atoms with van der Waals surface area (Å²) in [5.41, 5.74) is 0. The van der Waals surface area contributed by atoms with E-state index in [-0.39, 0.29) is 18.9 Å². The van der Waals surface area contributed by atoms with Crippen LogP contribution >= 0.6 is 0 Å². The van der Waals surface area contributed by atoms with Crippen molar-refractivity contribution in [3.63, 3.8) is 0 Å².